The monoisotopic (exact) mass is 347 g/mol. The van der Waals surface area contributed by atoms with Gasteiger partial charge in [0.05, 0.1) is 19.8 Å². The molecule has 0 atom stereocenters. The van der Waals surface area contributed by atoms with Crippen molar-refractivity contribution in [1.82, 2.24) is 10.2 Å². The average Bonchev–Trinajstić information content (AvgIpc) is 2.68. The molecule has 1 aromatic rings. The summed E-state index contributed by atoms with van der Waals surface area (Å²) in [5.41, 5.74) is 2.57. The third-order valence-corrected chi connectivity index (χ3v) is 4.93. The van der Waals surface area contributed by atoms with Crippen molar-refractivity contribution in [3.05, 3.63) is 29.8 Å². The summed E-state index contributed by atoms with van der Waals surface area (Å²) in [6.45, 7) is 8.26. The Labute approximate surface area is 150 Å². The van der Waals surface area contributed by atoms with Gasteiger partial charge in [-0.1, -0.05) is 12.1 Å². The van der Waals surface area contributed by atoms with E-state index in [1.165, 1.54) is 11.3 Å². The van der Waals surface area contributed by atoms with Crippen molar-refractivity contribution in [1.29, 1.82) is 0 Å². The molecule has 6 nitrogen and oxygen atoms in total. The highest BCUT2D eigenvalue weighted by molar-refractivity contribution is 5.67. The summed E-state index contributed by atoms with van der Waals surface area (Å²) < 4.78 is 10.5. The van der Waals surface area contributed by atoms with Gasteiger partial charge in [0.15, 0.2) is 0 Å². The molecule has 1 N–H and O–H groups in total. The molecule has 2 aliphatic heterocycles. The first-order valence-corrected chi connectivity index (χ1v) is 9.33. The number of piperidine rings is 1. The molecule has 6 heteroatoms. The highest BCUT2D eigenvalue weighted by Crippen LogP contribution is 2.17. The Bertz CT molecular complexity index is 535. The fourth-order valence-electron chi connectivity index (χ4n) is 3.39. The van der Waals surface area contributed by atoms with Gasteiger partial charge in [0, 0.05) is 44.5 Å². The molecule has 0 unspecified atom stereocenters. The normalized spacial score (nSPS) is 19.1. The number of hydrogen-bond donors (Lipinski definition) is 1. The third-order valence-electron chi connectivity index (χ3n) is 4.93. The van der Waals surface area contributed by atoms with E-state index in [2.05, 4.69) is 34.5 Å². The van der Waals surface area contributed by atoms with Gasteiger partial charge < -0.3 is 24.6 Å². The molecule has 1 aromatic carbocycles. The first-order chi connectivity index (χ1) is 12.3. The lowest BCUT2D eigenvalue weighted by Gasteiger charge is -2.32. The number of nitrogens with one attached hydrogen (secondary N) is 1. The summed E-state index contributed by atoms with van der Waals surface area (Å²) >= 11 is 0. The minimum atomic E-state index is -0.181. The molecule has 2 saturated heterocycles. The highest BCUT2D eigenvalue weighted by Gasteiger charge is 2.23. The first kappa shape index (κ1) is 18.0. The van der Waals surface area contributed by atoms with Crippen molar-refractivity contribution in [2.75, 3.05) is 50.9 Å². The summed E-state index contributed by atoms with van der Waals surface area (Å²) in [4.78, 5) is 15.9. The van der Waals surface area contributed by atoms with E-state index < -0.39 is 0 Å². The quantitative estimate of drug-likeness (QED) is 0.885. The molecule has 1 amide bonds. The Morgan fingerprint density at radius 3 is 2.48 bits per heavy atom. The van der Waals surface area contributed by atoms with E-state index in [0.29, 0.717) is 12.6 Å². The fraction of sp³-hybridized carbons (Fsp3) is 0.632. The molecule has 138 valence electrons. The number of carbonyl (C=O) groups excluding carboxylic acids is 1. The second-order valence-corrected chi connectivity index (χ2v) is 6.61. The van der Waals surface area contributed by atoms with Crippen molar-refractivity contribution in [3.8, 4) is 0 Å². The lowest BCUT2D eigenvalue weighted by atomic mass is 10.0. The van der Waals surface area contributed by atoms with Crippen LogP contribution in [0.1, 0.15) is 25.3 Å². The molecular weight excluding hydrogens is 318 g/mol. The minimum absolute atomic E-state index is 0.181. The molecule has 3 rings (SSSR count). The molecule has 2 fully saturated rings. The summed E-state index contributed by atoms with van der Waals surface area (Å²) in [6, 6.07) is 9.26. The van der Waals surface area contributed by atoms with Gasteiger partial charge >= 0.3 is 6.09 Å². The molecule has 25 heavy (non-hydrogen) atoms. The maximum Gasteiger partial charge on any atom is 0.409 e. The van der Waals surface area contributed by atoms with Crippen molar-refractivity contribution >= 4 is 11.8 Å². The molecule has 0 aliphatic carbocycles. The van der Waals surface area contributed by atoms with Crippen LogP contribution in [0.25, 0.3) is 0 Å². The first-order valence-electron chi connectivity index (χ1n) is 9.33. The summed E-state index contributed by atoms with van der Waals surface area (Å²) in [5.74, 6) is 0. The molecule has 0 bridgehead atoms. The summed E-state index contributed by atoms with van der Waals surface area (Å²) in [6.07, 6.45) is 1.77. The van der Waals surface area contributed by atoms with Crippen LogP contribution in [0, 0.1) is 0 Å². The van der Waals surface area contributed by atoms with E-state index in [-0.39, 0.29) is 6.09 Å². The van der Waals surface area contributed by atoms with Gasteiger partial charge in [0.1, 0.15) is 0 Å². The van der Waals surface area contributed by atoms with Gasteiger partial charge in [0.2, 0.25) is 0 Å². The van der Waals surface area contributed by atoms with Gasteiger partial charge in [-0.2, -0.15) is 0 Å². The Kier molecular flexibility index (Phi) is 6.53. The van der Waals surface area contributed by atoms with E-state index in [4.69, 9.17) is 9.47 Å². The van der Waals surface area contributed by atoms with Crippen molar-refractivity contribution in [3.63, 3.8) is 0 Å². The van der Waals surface area contributed by atoms with Crippen molar-refractivity contribution in [2.45, 2.75) is 32.4 Å². The van der Waals surface area contributed by atoms with Gasteiger partial charge in [-0.05, 0) is 37.5 Å². The predicted molar refractivity (Wildman–Crippen MR) is 97.9 cm³/mol. The average molecular weight is 347 g/mol. The molecule has 0 radical (unpaired) electrons. The molecular formula is C19H29N3O3. The zero-order valence-electron chi connectivity index (χ0n) is 15.1. The predicted octanol–water partition coefficient (Wildman–Crippen LogP) is 2.23. The number of carbonyl (C=O) groups is 1. The Balaban J connectivity index is 1.41. The molecule has 2 aliphatic rings. The van der Waals surface area contributed by atoms with Crippen molar-refractivity contribution in [2.24, 2.45) is 0 Å². The lowest BCUT2D eigenvalue weighted by Crippen LogP contribution is -2.44. The number of nitrogens with zero attached hydrogens (tertiary/aromatic N) is 2. The van der Waals surface area contributed by atoms with E-state index in [0.717, 1.165) is 58.8 Å². The maximum absolute atomic E-state index is 11.7. The largest absolute Gasteiger partial charge is 0.450 e. The second kappa shape index (κ2) is 9.06. The smallest absolute Gasteiger partial charge is 0.409 e. The molecule has 0 saturated carbocycles. The van der Waals surface area contributed by atoms with E-state index in [9.17, 15) is 4.79 Å². The summed E-state index contributed by atoms with van der Waals surface area (Å²) in [5, 5.41) is 3.62. The van der Waals surface area contributed by atoms with Crippen LogP contribution in [0.15, 0.2) is 24.3 Å². The number of likely N-dealkylation sites (tertiary alicyclic amines) is 1. The lowest BCUT2D eigenvalue weighted by molar-refractivity contribution is 0.0950. The summed E-state index contributed by atoms with van der Waals surface area (Å²) in [7, 11) is 0. The van der Waals surface area contributed by atoms with Crippen LogP contribution >= 0.6 is 0 Å². The Hall–Kier alpha value is -1.79. The van der Waals surface area contributed by atoms with Crippen molar-refractivity contribution < 1.29 is 14.3 Å². The van der Waals surface area contributed by atoms with Crippen LogP contribution in [0.5, 0.6) is 0 Å². The molecule has 2 heterocycles. The van der Waals surface area contributed by atoms with Gasteiger partial charge in [0.25, 0.3) is 0 Å². The highest BCUT2D eigenvalue weighted by atomic mass is 16.6. The Morgan fingerprint density at radius 2 is 1.84 bits per heavy atom. The van der Waals surface area contributed by atoms with Gasteiger partial charge in [-0.3, -0.25) is 0 Å². The van der Waals surface area contributed by atoms with Crippen LogP contribution in [-0.2, 0) is 16.0 Å². The number of hydrogen-bond acceptors (Lipinski definition) is 5. The van der Waals surface area contributed by atoms with Gasteiger partial charge in [-0.15, -0.1) is 0 Å². The standard InChI is InChI=1S/C19H29N3O3/c1-2-25-19(23)22-9-7-17(8-10-22)20-15-16-3-5-18(6-4-16)21-11-13-24-14-12-21/h3-6,17,20H,2,7-15H2,1H3. The van der Waals surface area contributed by atoms with Crippen LogP contribution in [-0.4, -0.2) is 63.0 Å². The zero-order valence-corrected chi connectivity index (χ0v) is 15.1. The van der Waals surface area contributed by atoms with Crippen LogP contribution < -0.4 is 10.2 Å². The number of anilines is 1. The fourth-order valence-corrected chi connectivity index (χ4v) is 3.39. The maximum atomic E-state index is 11.7. The topological polar surface area (TPSA) is 54.0 Å². The van der Waals surface area contributed by atoms with E-state index in [1.807, 2.05) is 6.92 Å². The Morgan fingerprint density at radius 1 is 1.16 bits per heavy atom. The number of amides is 1. The van der Waals surface area contributed by atoms with Crippen LogP contribution in [0.2, 0.25) is 0 Å². The van der Waals surface area contributed by atoms with E-state index >= 15 is 0 Å². The SMILES string of the molecule is CCOC(=O)N1CCC(NCc2ccc(N3CCOCC3)cc2)CC1. The third kappa shape index (κ3) is 5.09. The molecule has 0 aromatic heterocycles. The van der Waals surface area contributed by atoms with E-state index in [1.54, 1.807) is 4.90 Å². The number of ether oxygens (including phenoxy) is 2. The second-order valence-electron chi connectivity index (χ2n) is 6.61. The zero-order chi connectivity index (χ0) is 17.5. The van der Waals surface area contributed by atoms with Crippen LogP contribution in [0.3, 0.4) is 0 Å². The van der Waals surface area contributed by atoms with Crippen LogP contribution in [0.4, 0.5) is 10.5 Å². The number of benzene rings is 1. The minimum Gasteiger partial charge on any atom is -0.450 e. The van der Waals surface area contributed by atoms with Gasteiger partial charge in [-0.25, -0.2) is 4.79 Å². The number of rotatable bonds is 5. The molecule has 0 spiro atoms. The number of morpholine rings is 1.